The van der Waals surface area contributed by atoms with Crippen molar-refractivity contribution in [2.75, 3.05) is 13.1 Å². The molecule has 41 heavy (non-hydrogen) atoms. The molecule has 4 amide bonds. The van der Waals surface area contributed by atoms with Gasteiger partial charge in [-0.25, -0.2) is 0 Å². The van der Waals surface area contributed by atoms with Crippen molar-refractivity contribution >= 4 is 23.6 Å². The summed E-state index contributed by atoms with van der Waals surface area (Å²) in [5.74, 6) is -1.43. The van der Waals surface area contributed by atoms with Crippen molar-refractivity contribution in [1.29, 1.82) is 0 Å². The number of hydrogen-bond donors (Lipinski definition) is 5. The van der Waals surface area contributed by atoms with Gasteiger partial charge < -0.3 is 27.0 Å². The first-order chi connectivity index (χ1) is 19.4. The lowest BCUT2D eigenvalue weighted by Gasteiger charge is -2.40. The highest BCUT2D eigenvalue weighted by Crippen LogP contribution is 2.35. The maximum Gasteiger partial charge on any atom is 0.243 e. The summed E-state index contributed by atoms with van der Waals surface area (Å²) >= 11 is 0. The minimum absolute atomic E-state index is 0.0957. The summed E-state index contributed by atoms with van der Waals surface area (Å²) < 4.78 is 0. The van der Waals surface area contributed by atoms with Crippen LogP contribution in [0.2, 0.25) is 0 Å². The molecule has 1 heterocycles. The third-order valence-corrected chi connectivity index (χ3v) is 8.14. The molecule has 6 N–H and O–H groups in total. The predicted molar refractivity (Wildman–Crippen MR) is 166 cm³/mol. The van der Waals surface area contributed by atoms with Gasteiger partial charge in [0.2, 0.25) is 23.6 Å². The molecule has 0 spiro atoms. The van der Waals surface area contributed by atoms with Gasteiger partial charge in [-0.05, 0) is 49.5 Å². The number of hydrogen-bond acceptors (Lipinski definition) is 5. The highest BCUT2D eigenvalue weighted by molar-refractivity contribution is 5.94. The van der Waals surface area contributed by atoms with Crippen LogP contribution in [0.4, 0.5) is 0 Å². The summed E-state index contributed by atoms with van der Waals surface area (Å²) in [6, 6.07) is -1.98. The summed E-state index contributed by atoms with van der Waals surface area (Å²) in [4.78, 5) is 52.9. The van der Waals surface area contributed by atoms with Crippen molar-refractivity contribution < 1.29 is 19.2 Å². The third-order valence-electron chi connectivity index (χ3n) is 8.14. The lowest BCUT2D eigenvalue weighted by Crippen LogP contribution is -2.60. The van der Waals surface area contributed by atoms with E-state index in [0.717, 1.165) is 25.7 Å². The van der Waals surface area contributed by atoms with Crippen LogP contribution in [0, 0.1) is 17.3 Å². The number of amides is 4. The van der Waals surface area contributed by atoms with Gasteiger partial charge in [0.15, 0.2) is 0 Å². The highest BCUT2D eigenvalue weighted by Gasteiger charge is 2.41. The molecule has 4 atom stereocenters. The van der Waals surface area contributed by atoms with Gasteiger partial charge in [-0.1, -0.05) is 99.3 Å². The summed E-state index contributed by atoms with van der Waals surface area (Å²) in [7, 11) is 0. The van der Waals surface area contributed by atoms with Crippen LogP contribution in [0.5, 0.6) is 0 Å². The van der Waals surface area contributed by atoms with Crippen molar-refractivity contribution in [1.82, 2.24) is 21.3 Å². The Kier molecular flexibility index (Phi) is 17.9. The third kappa shape index (κ3) is 15.0. The fourth-order valence-corrected chi connectivity index (χ4v) is 6.16. The molecule has 1 rings (SSSR count). The fourth-order valence-electron chi connectivity index (χ4n) is 6.16. The molecule has 0 aromatic carbocycles. The molecule has 0 aromatic heterocycles. The number of unbranched alkanes of at least 4 members (excludes halogenated alkanes) is 9. The molecular weight excluding hydrogens is 518 g/mol. The van der Waals surface area contributed by atoms with E-state index >= 15 is 0 Å². The van der Waals surface area contributed by atoms with Crippen LogP contribution >= 0.6 is 0 Å². The summed E-state index contributed by atoms with van der Waals surface area (Å²) in [6.45, 7) is 12.8. The Morgan fingerprint density at radius 3 is 1.90 bits per heavy atom. The number of rotatable bonds is 16. The first-order valence-corrected chi connectivity index (χ1v) is 16.3. The molecular formula is C32H61N5O4. The largest absolute Gasteiger partial charge is 0.351 e. The van der Waals surface area contributed by atoms with Gasteiger partial charge in [0.1, 0.15) is 12.1 Å². The average Bonchev–Trinajstić information content (AvgIpc) is 2.88. The van der Waals surface area contributed by atoms with Crippen LogP contribution in [0.15, 0.2) is 0 Å². The minimum Gasteiger partial charge on any atom is -0.351 e. The Balaban J connectivity index is 3.10. The molecule has 1 unspecified atom stereocenters. The molecule has 0 saturated carbocycles. The van der Waals surface area contributed by atoms with Gasteiger partial charge in [-0.3, -0.25) is 19.2 Å². The first kappa shape index (κ1) is 36.9. The maximum absolute atomic E-state index is 13.9. The summed E-state index contributed by atoms with van der Waals surface area (Å²) in [5, 5.41) is 11.6. The van der Waals surface area contributed by atoms with E-state index in [0.29, 0.717) is 25.8 Å². The second kappa shape index (κ2) is 19.9. The molecule has 1 fully saturated rings. The SMILES string of the molecule is CCCCCCCCCCC[C@@H]1CC(=O)NCC(=O)N[C@@H](CCCCN)C(=O)N[C@@H](C(C(C)C)C(C)(C)C)C(=O)N1. The molecule has 9 nitrogen and oxygen atoms in total. The van der Waals surface area contributed by atoms with E-state index in [9.17, 15) is 19.2 Å². The molecule has 1 saturated heterocycles. The Bertz CT molecular complexity index is 795. The van der Waals surface area contributed by atoms with Gasteiger partial charge >= 0.3 is 0 Å². The van der Waals surface area contributed by atoms with Gasteiger partial charge in [0.25, 0.3) is 0 Å². The Morgan fingerprint density at radius 2 is 1.34 bits per heavy atom. The fraction of sp³-hybridized carbons (Fsp3) is 0.875. The topological polar surface area (TPSA) is 142 Å². The number of carbonyl (C=O) groups excluding carboxylic acids is 4. The van der Waals surface area contributed by atoms with Crippen LogP contribution in [-0.4, -0.2) is 54.8 Å². The zero-order valence-corrected chi connectivity index (χ0v) is 26.9. The van der Waals surface area contributed by atoms with E-state index in [2.05, 4.69) is 62.8 Å². The van der Waals surface area contributed by atoms with E-state index in [1.165, 1.54) is 38.5 Å². The van der Waals surface area contributed by atoms with Gasteiger partial charge in [-0.15, -0.1) is 0 Å². The molecule has 0 aliphatic carbocycles. The minimum atomic E-state index is -0.812. The molecule has 9 heteroatoms. The van der Waals surface area contributed by atoms with Crippen LogP contribution in [0.1, 0.15) is 131 Å². The lowest BCUT2D eigenvalue weighted by molar-refractivity contribution is -0.134. The second-order valence-electron chi connectivity index (χ2n) is 13.3. The number of carbonyl (C=O) groups is 4. The number of nitrogens with two attached hydrogens (primary N) is 1. The van der Waals surface area contributed by atoms with Crippen LogP contribution < -0.4 is 27.0 Å². The van der Waals surface area contributed by atoms with E-state index in [1.54, 1.807) is 0 Å². The Labute approximate surface area is 249 Å². The zero-order valence-electron chi connectivity index (χ0n) is 26.9. The zero-order chi connectivity index (χ0) is 30.8. The van der Waals surface area contributed by atoms with E-state index in [-0.39, 0.29) is 54.0 Å². The van der Waals surface area contributed by atoms with Crippen molar-refractivity contribution in [3.8, 4) is 0 Å². The van der Waals surface area contributed by atoms with Gasteiger partial charge in [0, 0.05) is 12.5 Å². The standard InChI is InChI=1S/C32H61N5O4/c1-7-8-9-10-11-12-13-14-15-18-24-21-26(38)34-22-27(39)36-25(19-16-17-20-33)30(40)37-29(31(41)35-24)28(23(2)3)32(4,5)6/h23-25,28-29H,7-22,33H2,1-6H3,(H,34,38)(H,35,41)(H,36,39)(H,37,40)/t24-,25+,28?,29+/m1/s1. The van der Waals surface area contributed by atoms with Gasteiger partial charge in [-0.2, -0.15) is 0 Å². The molecule has 238 valence electrons. The molecule has 0 aromatic rings. The Morgan fingerprint density at radius 1 is 0.756 bits per heavy atom. The summed E-state index contributed by atoms with van der Waals surface area (Å²) in [6.07, 6.45) is 13.2. The molecule has 0 bridgehead atoms. The predicted octanol–water partition coefficient (Wildman–Crippen LogP) is 4.33. The monoisotopic (exact) mass is 579 g/mol. The maximum atomic E-state index is 13.9. The smallest absolute Gasteiger partial charge is 0.243 e. The molecule has 0 radical (unpaired) electrons. The molecule has 1 aliphatic rings. The van der Waals surface area contributed by atoms with Crippen LogP contribution in [-0.2, 0) is 19.2 Å². The quantitative estimate of drug-likeness (QED) is 0.173. The Hall–Kier alpha value is -2.16. The first-order valence-electron chi connectivity index (χ1n) is 16.3. The van der Waals surface area contributed by atoms with Crippen molar-refractivity contribution in [3.05, 3.63) is 0 Å². The normalized spacial score (nSPS) is 22.1. The number of nitrogens with one attached hydrogen (secondary N) is 4. The van der Waals surface area contributed by atoms with Crippen molar-refractivity contribution in [3.63, 3.8) is 0 Å². The summed E-state index contributed by atoms with van der Waals surface area (Å²) in [5.41, 5.74) is 5.37. The van der Waals surface area contributed by atoms with E-state index in [4.69, 9.17) is 5.73 Å². The van der Waals surface area contributed by atoms with Crippen LogP contribution in [0.25, 0.3) is 0 Å². The lowest BCUT2D eigenvalue weighted by atomic mass is 9.70. The van der Waals surface area contributed by atoms with E-state index in [1.807, 2.05) is 0 Å². The van der Waals surface area contributed by atoms with Crippen molar-refractivity contribution in [2.24, 2.45) is 23.0 Å². The second-order valence-corrected chi connectivity index (χ2v) is 13.3. The van der Waals surface area contributed by atoms with E-state index < -0.39 is 18.0 Å². The van der Waals surface area contributed by atoms with Gasteiger partial charge in [0.05, 0.1) is 6.54 Å². The highest BCUT2D eigenvalue weighted by atomic mass is 16.2. The van der Waals surface area contributed by atoms with Crippen LogP contribution in [0.3, 0.4) is 0 Å². The average molecular weight is 580 g/mol. The molecule has 1 aliphatic heterocycles. The van der Waals surface area contributed by atoms with Crippen molar-refractivity contribution in [2.45, 2.75) is 150 Å².